The predicted molar refractivity (Wildman–Crippen MR) is 66.7 cm³/mol. The number of rotatable bonds is 2. The third-order valence-corrected chi connectivity index (χ3v) is 3.16. The number of carbonyl (C=O) groups is 1. The Bertz CT molecular complexity index is 435. The summed E-state index contributed by atoms with van der Waals surface area (Å²) < 4.78 is 0. The first kappa shape index (κ1) is 11.2. The number of carbonyl (C=O) groups excluding carboxylic acids is 1. The van der Waals surface area contributed by atoms with Crippen molar-refractivity contribution in [1.29, 1.82) is 0 Å². The summed E-state index contributed by atoms with van der Waals surface area (Å²) in [5.74, 6) is 0.758. The molecular weight excluding hydrogens is 198 g/mol. The lowest BCUT2D eigenvalue weighted by Crippen LogP contribution is -2.13. The smallest absolute Gasteiger partial charge is 0.232 e. The Morgan fingerprint density at radius 3 is 2.62 bits per heavy atom. The molecule has 0 saturated heterocycles. The Morgan fingerprint density at radius 2 is 2.00 bits per heavy atom. The molecule has 0 saturated carbocycles. The van der Waals surface area contributed by atoms with E-state index in [2.05, 4.69) is 45.1 Å². The number of anilines is 1. The molecule has 2 heteroatoms. The van der Waals surface area contributed by atoms with E-state index in [-0.39, 0.29) is 11.8 Å². The van der Waals surface area contributed by atoms with E-state index >= 15 is 0 Å². The van der Waals surface area contributed by atoms with Crippen LogP contribution < -0.4 is 5.32 Å². The minimum absolute atomic E-state index is 0.0496. The van der Waals surface area contributed by atoms with Crippen LogP contribution in [0, 0.1) is 19.8 Å². The molecule has 1 amide bonds. The van der Waals surface area contributed by atoms with Crippen LogP contribution in [0.4, 0.5) is 5.69 Å². The molecule has 86 valence electrons. The quantitative estimate of drug-likeness (QED) is 0.808. The van der Waals surface area contributed by atoms with Crippen molar-refractivity contribution in [2.45, 2.75) is 40.0 Å². The van der Waals surface area contributed by atoms with Crippen LogP contribution in [-0.2, 0) is 4.79 Å². The van der Waals surface area contributed by atoms with E-state index in [4.69, 9.17) is 0 Å². The summed E-state index contributed by atoms with van der Waals surface area (Å²) in [5.41, 5.74) is 4.65. The lowest BCUT2D eigenvalue weighted by molar-refractivity contribution is -0.117. The van der Waals surface area contributed by atoms with Crippen LogP contribution in [0.5, 0.6) is 0 Å². The highest BCUT2D eigenvalue weighted by Crippen LogP contribution is 2.39. The van der Waals surface area contributed by atoms with Gasteiger partial charge < -0.3 is 5.32 Å². The Kier molecular flexibility index (Phi) is 2.75. The van der Waals surface area contributed by atoms with Crippen molar-refractivity contribution in [3.05, 3.63) is 28.8 Å². The Hall–Kier alpha value is -1.31. The van der Waals surface area contributed by atoms with Crippen LogP contribution in [0.1, 0.15) is 42.9 Å². The van der Waals surface area contributed by atoms with Crippen LogP contribution in [0.2, 0.25) is 0 Å². The molecule has 0 bridgehead atoms. The molecule has 0 spiro atoms. The molecule has 2 rings (SSSR count). The third-order valence-electron chi connectivity index (χ3n) is 3.16. The number of amides is 1. The molecule has 0 radical (unpaired) electrons. The van der Waals surface area contributed by atoms with Gasteiger partial charge in [-0.3, -0.25) is 4.79 Å². The molecule has 1 heterocycles. The molecular formula is C14H19NO. The second-order valence-corrected chi connectivity index (χ2v) is 5.22. The van der Waals surface area contributed by atoms with E-state index in [1.807, 2.05) is 0 Å². The molecule has 1 aliphatic rings. The number of benzene rings is 1. The van der Waals surface area contributed by atoms with E-state index in [1.165, 1.54) is 16.7 Å². The summed E-state index contributed by atoms with van der Waals surface area (Å²) in [4.78, 5) is 11.9. The molecule has 1 aliphatic heterocycles. The van der Waals surface area contributed by atoms with Gasteiger partial charge in [0.1, 0.15) is 0 Å². The first-order valence-electron chi connectivity index (χ1n) is 5.91. The maximum absolute atomic E-state index is 11.9. The molecule has 1 atom stereocenters. The molecule has 1 aromatic carbocycles. The molecule has 1 aromatic rings. The fourth-order valence-corrected chi connectivity index (χ4v) is 2.50. The lowest BCUT2D eigenvalue weighted by Gasteiger charge is -2.12. The van der Waals surface area contributed by atoms with E-state index in [9.17, 15) is 4.79 Å². The summed E-state index contributed by atoms with van der Waals surface area (Å²) in [7, 11) is 0. The second kappa shape index (κ2) is 3.93. The first-order valence-corrected chi connectivity index (χ1v) is 5.91. The minimum Gasteiger partial charge on any atom is -0.325 e. The molecule has 1 N–H and O–H groups in total. The van der Waals surface area contributed by atoms with Gasteiger partial charge in [0, 0.05) is 5.69 Å². The maximum atomic E-state index is 11.9. The molecule has 1 unspecified atom stereocenters. The van der Waals surface area contributed by atoms with Crippen molar-refractivity contribution in [2.75, 3.05) is 5.32 Å². The van der Waals surface area contributed by atoms with Gasteiger partial charge in [0.2, 0.25) is 5.91 Å². The van der Waals surface area contributed by atoms with Gasteiger partial charge in [-0.25, -0.2) is 0 Å². The van der Waals surface area contributed by atoms with Gasteiger partial charge in [-0.2, -0.15) is 0 Å². The van der Waals surface area contributed by atoms with Crippen molar-refractivity contribution in [3.8, 4) is 0 Å². The first-order chi connectivity index (χ1) is 7.49. The van der Waals surface area contributed by atoms with Crippen molar-refractivity contribution in [3.63, 3.8) is 0 Å². The zero-order valence-corrected chi connectivity index (χ0v) is 10.4. The van der Waals surface area contributed by atoms with Crippen LogP contribution in [0.15, 0.2) is 12.1 Å². The third kappa shape index (κ3) is 1.84. The van der Waals surface area contributed by atoms with E-state index in [0.29, 0.717) is 5.92 Å². The summed E-state index contributed by atoms with van der Waals surface area (Å²) in [6, 6.07) is 4.27. The average Bonchev–Trinajstić information content (AvgIpc) is 2.45. The van der Waals surface area contributed by atoms with E-state index in [1.54, 1.807) is 0 Å². The van der Waals surface area contributed by atoms with Gasteiger partial charge in [-0.15, -0.1) is 0 Å². The van der Waals surface area contributed by atoms with Gasteiger partial charge in [-0.1, -0.05) is 31.5 Å². The van der Waals surface area contributed by atoms with Crippen LogP contribution in [0.3, 0.4) is 0 Å². The van der Waals surface area contributed by atoms with Crippen LogP contribution in [-0.4, -0.2) is 5.91 Å². The Balaban J connectivity index is 2.43. The van der Waals surface area contributed by atoms with Gasteiger partial charge in [-0.05, 0) is 37.3 Å². The van der Waals surface area contributed by atoms with Crippen LogP contribution in [0.25, 0.3) is 0 Å². The highest BCUT2D eigenvalue weighted by atomic mass is 16.2. The SMILES string of the molecule is Cc1cc(C)c2c(c1)C(CC(C)C)C(=O)N2. The van der Waals surface area contributed by atoms with Gasteiger partial charge in [0.25, 0.3) is 0 Å². The van der Waals surface area contributed by atoms with Gasteiger partial charge in [0.15, 0.2) is 0 Å². The fourth-order valence-electron chi connectivity index (χ4n) is 2.50. The molecule has 2 nitrogen and oxygen atoms in total. The largest absolute Gasteiger partial charge is 0.325 e. The van der Waals surface area contributed by atoms with Crippen molar-refractivity contribution >= 4 is 11.6 Å². The predicted octanol–water partition coefficient (Wildman–Crippen LogP) is 3.39. The summed E-state index contributed by atoms with van der Waals surface area (Å²) in [5, 5.41) is 3.01. The number of aryl methyl sites for hydroxylation is 2. The molecule has 0 aliphatic carbocycles. The average molecular weight is 217 g/mol. The van der Waals surface area contributed by atoms with Gasteiger partial charge >= 0.3 is 0 Å². The Morgan fingerprint density at radius 1 is 1.31 bits per heavy atom. The van der Waals surface area contributed by atoms with Crippen molar-refractivity contribution in [2.24, 2.45) is 5.92 Å². The molecule has 0 aromatic heterocycles. The lowest BCUT2D eigenvalue weighted by atomic mass is 9.90. The molecule has 0 fully saturated rings. The van der Waals surface area contributed by atoms with Crippen molar-refractivity contribution in [1.82, 2.24) is 0 Å². The normalized spacial score (nSPS) is 18.8. The number of fused-ring (bicyclic) bond motifs is 1. The van der Waals surface area contributed by atoms with Crippen LogP contribution >= 0.6 is 0 Å². The van der Waals surface area contributed by atoms with Crippen molar-refractivity contribution < 1.29 is 4.79 Å². The zero-order chi connectivity index (χ0) is 11.9. The summed E-state index contributed by atoms with van der Waals surface area (Å²) in [6.07, 6.45) is 0.932. The monoisotopic (exact) mass is 217 g/mol. The Labute approximate surface area is 97.1 Å². The summed E-state index contributed by atoms with van der Waals surface area (Å²) >= 11 is 0. The standard InChI is InChI=1S/C14H19NO/c1-8(2)5-12-11-7-9(3)6-10(4)13(11)15-14(12)16/h6-8,12H,5H2,1-4H3,(H,15,16). The molecule has 16 heavy (non-hydrogen) atoms. The van der Waals surface area contributed by atoms with E-state index in [0.717, 1.165) is 12.1 Å². The van der Waals surface area contributed by atoms with E-state index < -0.39 is 0 Å². The topological polar surface area (TPSA) is 29.1 Å². The highest BCUT2D eigenvalue weighted by molar-refractivity contribution is 6.03. The minimum atomic E-state index is 0.0496. The number of nitrogens with one attached hydrogen (secondary N) is 1. The van der Waals surface area contributed by atoms with Gasteiger partial charge in [0.05, 0.1) is 5.92 Å². The number of hydrogen-bond acceptors (Lipinski definition) is 1. The number of hydrogen-bond donors (Lipinski definition) is 1. The maximum Gasteiger partial charge on any atom is 0.232 e. The fraction of sp³-hybridized carbons (Fsp3) is 0.500. The zero-order valence-electron chi connectivity index (χ0n) is 10.4. The highest BCUT2D eigenvalue weighted by Gasteiger charge is 2.31. The second-order valence-electron chi connectivity index (χ2n) is 5.22. The summed E-state index contributed by atoms with van der Waals surface area (Å²) in [6.45, 7) is 8.47.